The molecule has 0 aliphatic rings. The molecule has 0 aliphatic heterocycles. The third kappa shape index (κ3) is 65.4. The maximum Gasteiger partial charge on any atom is 0.306 e. The number of carbonyl (C=O) groups excluding carboxylic acids is 3. The van der Waals surface area contributed by atoms with Gasteiger partial charge in [-0.15, -0.1) is 0 Å². The van der Waals surface area contributed by atoms with Gasteiger partial charge in [0.1, 0.15) is 13.2 Å². The minimum Gasteiger partial charge on any atom is -0.462 e. The maximum atomic E-state index is 12.9. The molecule has 6 nitrogen and oxygen atoms in total. The highest BCUT2D eigenvalue weighted by atomic mass is 16.6. The van der Waals surface area contributed by atoms with Gasteiger partial charge in [-0.2, -0.15) is 0 Å². The summed E-state index contributed by atoms with van der Waals surface area (Å²) in [6.45, 7) is 6.54. The Kier molecular flexibility index (Phi) is 65.2. The fraction of sp³-hybridized carbons (Fsp3) is 0.770. The van der Waals surface area contributed by atoms with Crippen LogP contribution in [-0.4, -0.2) is 37.2 Å². The molecule has 0 aromatic heterocycles. The van der Waals surface area contributed by atoms with Crippen molar-refractivity contribution in [3.8, 4) is 0 Å². The third-order valence-electron chi connectivity index (χ3n) is 15.1. The van der Waals surface area contributed by atoms with E-state index in [1.807, 2.05) is 0 Å². The molecule has 0 heterocycles. The summed E-state index contributed by atoms with van der Waals surface area (Å²) >= 11 is 0. The predicted molar refractivity (Wildman–Crippen MR) is 348 cm³/mol. The van der Waals surface area contributed by atoms with E-state index in [0.717, 1.165) is 96.3 Å². The number of carbonyl (C=O) groups is 3. The van der Waals surface area contributed by atoms with E-state index in [0.29, 0.717) is 19.3 Å². The minimum atomic E-state index is -0.775. The Bertz CT molecular complexity index is 1520. The van der Waals surface area contributed by atoms with Gasteiger partial charge in [-0.1, -0.05) is 318 Å². The maximum absolute atomic E-state index is 12.9. The first-order valence-electron chi connectivity index (χ1n) is 34.6. The first kappa shape index (κ1) is 76.6. The summed E-state index contributed by atoms with van der Waals surface area (Å²) in [6.07, 6.45) is 90.5. The molecule has 0 saturated heterocycles. The number of esters is 3. The van der Waals surface area contributed by atoms with Crippen molar-refractivity contribution in [2.45, 2.75) is 354 Å². The molecule has 0 saturated carbocycles. The number of allylic oxidation sites excluding steroid dienone is 14. The molecule has 0 fully saturated rings. The van der Waals surface area contributed by atoms with Crippen LogP contribution in [0.2, 0.25) is 0 Å². The Morgan fingerprint density at radius 1 is 0.263 bits per heavy atom. The Labute approximate surface area is 496 Å². The van der Waals surface area contributed by atoms with E-state index in [1.54, 1.807) is 0 Å². The lowest BCUT2D eigenvalue weighted by atomic mass is 10.0. The highest BCUT2D eigenvalue weighted by Crippen LogP contribution is 2.17. The van der Waals surface area contributed by atoms with Crippen molar-refractivity contribution in [1.29, 1.82) is 0 Å². The lowest BCUT2D eigenvalue weighted by molar-refractivity contribution is -0.167. The lowest BCUT2D eigenvalue weighted by Gasteiger charge is -2.18. The molecule has 1 atom stereocenters. The second-order valence-corrected chi connectivity index (χ2v) is 23.1. The van der Waals surface area contributed by atoms with Gasteiger partial charge in [-0.05, 0) is 96.3 Å². The summed E-state index contributed by atoms with van der Waals surface area (Å²) in [5.74, 6) is -0.864. The van der Waals surface area contributed by atoms with Crippen molar-refractivity contribution in [3.05, 3.63) is 85.1 Å². The molecular weight excluding hydrogens is 985 g/mol. The topological polar surface area (TPSA) is 78.9 Å². The second-order valence-electron chi connectivity index (χ2n) is 23.1. The fourth-order valence-electron chi connectivity index (χ4n) is 9.97. The molecule has 0 rings (SSSR count). The van der Waals surface area contributed by atoms with Gasteiger partial charge in [0, 0.05) is 19.3 Å². The van der Waals surface area contributed by atoms with E-state index >= 15 is 0 Å². The van der Waals surface area contributed by atoms with E-state index < -0.39 is 6.10 Å². The highest BCUT2D eigenvalue weighted by Gasteiger charge is 2.19. The van der Waals surface area contributed by atoms with Crippen molar-refractivity contribution in [3.63, 3.8) is 0 Å². The molecule has 0 aromatic rings. The molecule has 6 heteroatoms. The first-order valence-corrected chi connectivity index (χ1v) is 34.6. The quantitative estimate of drug-likeness (QED) is 0.0261. The number of unbranched alkanes of at least 4 members (excludes halogenated alkanes) is 38. The molecular formula is C74H130O6. The van der Waals surface area contributed by atoms with Crippen LogP contribution in [0.5, 0.6) is 0 Å². The average molecular weight is 1120 g/mol. The molecule has 0 N–H and O–H groups in total. The Morgan fingerprint density at radius 2 is 0.487 bits per heavy atom. The van der Waals surface area contributed by atoms with Gasteiger partial charge in [-0.25, -0.2) is 0 Å². The van der Waals surface area contributed by atoms with Gasteiger partial charge in [0.15, 0.2) is 6.10 Å². The van der Waals surface area contributed by atoms with E-state index in [2.05, 4.69) is 106 Å². The zero-order valence-corrected chi connectivity index (χ0v) is 53.1. The number of hydrogen-bond acceptors (Lipinski definition) is 6. The number of ether oxygens (including phenoxy) is 3. The van der Waals surface area contributed by atoms with E-state index in [4.69, 9.17) is 14.2 Å². The second kappa shape index (κ2) is 68.1. The molecule has 0 aliphatic carbocycles. The number of rotatable bonds is 63. The minimum absolute atomic E-state index is 0.0730. The van der Waals surface area contributed by atoms with Gasteiger partial charge in [0.2, 0.25) is 0 Å². The summed E-state index contributed by atoms with van der Waals surface area (Å²) in [4.78, 5) is 38.2. The lowest BCUT2D eigenvalue weighted by Crippen LogP contribution is -2.30. The highest BCUT2D eigenvalue weighted by molar-refractivity contribution is 5.71. The van der Waals surface area contributed by atoms with Crippen LogP contribution in [0.1, 0.15) is 348 Å². The molecule has 0 bridgehead atoms. The zero-order valence-electron chi connectivity index (χ0n) is 53.1. The molecule has 0 spiro atoms. The fourth-order valence-corrected chi connectivity index (χ4v) is 9.97. The van der Waals surface area contributed by atoms with Gasteiger partial charge in [0.05, 0.1) is 0 Å². The molecule has 0 radical (unpaired) electrons. The van der Waals surface area contributed by atoms with E-state index in [9.17, 15) is 14.4 Å². The van der Waals surface area contributed by atoms with Crippen LogP contribution in [0, 0.1) is 0 Å². The molecule has 80 heavy (non-hydrogen) atoms. The van der Waals surface area contributed by atoms with Crippen molar-refractivity contribution < 1.29 is 28.6 Å². The summed E-state index contributed by atoms with van der Waals surface area (Å²) < 4.78 is 16.9. The van der Waals surface area contributed by atoms with Crippen LogP contribution >= 0.6 is 0 Å². The Hall–Kier alpha value is -3.41. The Morgan fingerprint density at radius 3 is 0.775 bits per heavy atom. The van der Waals surface area contributed by atoms with Gasteiger partial charge >= 0.3 is 17.9 Å². The first-order chi connectivity index (χ1) is 39.5. The van der Waals surface area contributed by atoms with Crippen LogP contribution in [0.3, 0.4) is 0 Å². The zero-order chi connectivity index (χ0) is 57.8. The van der Waals surface area contributed by atoms with Gasteiger partial charge in [0.25, 0.3) is 0 Å². The normalized spacial score (nSPS) is 12.6. The third-order valence-corrected chi connectivity index (χ3v) is 15.1. The summed E-state index contributed by atoms with van der Waals surface area (Å²) in [6, 6.07) is 0. The summed E-state index contributed by atoms with van der Waals surface area (Å²) in [7, 11) is 0. The smallest absolute Gasteiger partial charge is 0.306 e. The van der Waals surface area contributed by atoms with Gasteiger partial charge in [-0.3, -0.25) is 14.4 Å². The standard InChI is InChI=1S/C74H130O6/c1-4-7-10-13-16-19-21-23-25-27-29-31-33-34-35-36-37-38-39-40-42-43-45-47-49-51-53-55-58-61-64-67-73(76)79-70-71(69-78-72(75)66-63-60-57-18-15-12-9-6-3)80-74(77)68-65-62-59-56-54-52-50-48-46-44-41-32-30-28-26-24-22-20-17-14-11-8-5-2/h7,10,16,19,23,25,28-31,34-35,37-38,71H,4-6,8-9,11-15,17-18,20-22,24,26-27,32-33,36,39-70H2,1-3H3/b10-7-,19-16-,25-23-,30-28-,31-29-,35-34-,38-37-. The van der Waals surface area contributed by atoms with Crippen LogP contribution in [0.4, 0.5) is 0 Å². The van der Waals surface area contributed by atoms with Gasteiger partial charge < -0.3 is 14.2 Å². The van der Waals surface area contributed by atoms with E-state index in [1.165, 1.54) is 212 Å². The van der Waals surface area contributed by atoms with Crippen molar-refractivity contribution >= 4 is 17.9 Å². The van der Waals surface area contributed by atoms with Crippen molar-refractivity contribution in [2.24, 2.45) is 0 Å². The van der Waals surface area contributed by atoms with Crippen molar-refractivity contribution in [1.82, 2.24) is 0 Å². The largest absolute Gasteiger partial charge is 0.462 e. The van der Waals surface area contributed by atoms with Crippen LogP contribution < -0.4 is 0 Å². The van der Waals surface area contributed by atoms with Crippen LogP contribution in [-0.2, 0) is 28.6 Å². The Balaban J connectivity index is 4.12. The van der Waals surface area contributed by atoms with Crippen LogP contribution in [0.25, 0.3) is 0 Å². The van der Waals surface area contributed by atoms with Crippen LogP contribution in [0.15, 0.2) is 85.1 Å². The SMILES string of the molecule is CC/C=C\C/C=C\C/C=C\C/C=C\C/C=C\C/C=C\CCCCCCCCCCCCCCC(=O)OCC(COC(=O)CCCCCCCCCC)OC(=O)CCCCCCCCCCCCC/C=C\CCCCCCCCCC. The number of hydrogen-bond donors (Lipinski definition) is 0. The van der Waals surface area contributed by atoms with Crippen molar-refractivity contribution in [2.75, 3.05) is 13.2 Å². The molecule has 0 aromatic carbocycles. The summed E-state index contributed by atoms with van der Waals surface area (Å²) in [5.41, 5.74) is 0. The molecule has 462 valence electrons. The summed E-state index contributed by atoms with van der Waals surface area (Å²) in [5, 5.41) is 0. The van der Waals surface area contributed by atoms with E-state index in [-0.39, 0.29) is 31.1 Å². The average Bonchev–Trinajstić information content (AvgIpc) is 3.46. The molecule has 1 unspecified atom stereocenters. The predicted octanol–water partition coefficient (Wildman–Crippen LogP) is 23.8. The monoisotopic (exact) mass is 1110 g/mol. The molecule has 0 amide bonds.